The number of hydrogen-bond donors (Lipinski definition) is 2. The Bertz CT molecular complexity index is 274. The summed E-state index contributed by atoms with van der Waals surface area (Å²) in [6.07, 6.45) is 4.48. The number of nitrogens with zero attached hydrogens (tertiary/aromatic N) is 2. The summed E-state index contributed by atoms with van der Waals surface area (Å²) in [5, 5.41) is 13.2. The summed E-state index contributed by atoms with van der Waals surface area (Å²) in [6.45, 7) is 0. The zero-order valence-electron chi connectivity index (χ0n) is 7.72. The Morgan fingerprint density at radius 3 is 3.14 bits per heavy atom. The number of hydrogen-bond acceptors (Lipinski definition) is 5. The number of thioether (sulfide) groups is 1. The van der Waals surface area contributed by atoms with Gasteiger partial charge in [-0.2, -0.15) is 0 Å². The molecule has 4 nitrogen and oxygen atoms in total. The van der Waals surface area contributed by atoms with Gasteiger partial charge in [-0.3, -0.25) is 0 Å². The molecule has 3 N–H and O–H groups in total. The van der Waals surface area contributed by atoms with Crippen molar-refractivity contribution in [3.05, 3.63) is 11.6 Å². The lowest BCUT2D eigenvalue weighted by Crippen LogP contribution is -2.10. The van der Waals surface area contributed by atoms with Gasteiger partial charge in [-0.15, -0.1) is 11.3 Å². The zero-order chi connectivity index (χ0) is 10.2. The molecule has 1 rings (SSSR count). The minimum absolute atomic E-state index is 0.309. The first-order valence-corrected chi connectivity index (χ1v) is 6.18. The second kappa shape index (κ2) is 6.67. The fraction of sp³-hybridized carbons (Fsp3) is 0.500. The van der Waals surface area contributed by atoms with Crippen molar-refractivity contribution >= 4 is 28.9 Å². The van der Waals surface area contributed by atoms with Crippen LogP contribution >= 0.6 is 23.1 Å². The zero-order valence-corrected chi connectivity index (χ0v) is 9.35. The number of aromatic nitrogens is 1. The molecule has 0 saturated carbocycles. The Morgan fingerprint density at radius 1 is 1.64 bits per heavy atom. The monoisotopic (exact) mass is 231 g/mol. The van der Waals surface area contributed by atoms with Crippen LogP contribution in [0.5, 0.6) is 0 Å². The van der Waals surface area contributed by atoms with E-state index >= 15 is 0 Å². The summed E-state index contributed by atoms with van der Waals surface area (Å²) >= 11 is 3.41. The Morgan fingerprint density at radius 2 is 2.50 bits per heavy atom. The average molecular weight is 231 g/mol. The van der Waals surface area contributed by atoms with Crippen LogP contribution in [-0.4, -0.2) is 21.8 Å². The molecule has 0 aliphatic rings. The fourth-order valence-corrected chi connectivity index (χ4v) is 2.61. The lowest BCUT2D eigenvalue weighted by atomic mass is 10.2. The van der Waals surface area contributed by atoms with Gasteiger partial charge in [0.05, 0.1) is 0 Å². The van der Waals surface area contributed by atoms with E-state index in [2.05, 4.69) is 10.1 Å². The molecule has 0 amide bonds. The molecule has 0 aliphatic carbocycles. The van der Waals surface area contributed by atoms with Crippen LogP contribution in [0.3, 0.4) is 0 Å². The molecule has 1 heterocycles. The normalized spacial score (nSPS) is 11.9. The Kier molecular flexibility index (Phi) is 5.39. The van der Waals surface area contributed by atoms with Crippen molar-refractivity contribution in [2.24, 2.45) is 10.9 Å². The molecule has 0 bridgehead atoms. The van der Waals surface area contributed by atoms with Crippen molar-refractivity contribution in [1.82, 2.24) is 4.98 Å². The third kappa shape index (κ3) is 4.48. The van der Waals surface area contributed by atoms with E-state index in [-0.39, 0.29) is 0 Å². The van der Waals surface area contributed by atoms with Crippen LogP contribution in [0.2, 0.25) is 0 Å². The highest BCUT2D eigenvalue weighted by molar-refractivity contribution is 8.00. The van der Waals surface area contributed by atoms with Crippen molar-refractivity contribution in [2.45, 2.75) is 23.6 Å². The van der Waals surface area contributed by atoms with Gasteiger partial charge in [0, 0.05) is 23.8 Å². The molecule has 0 aliphatic heterocycles. The van der Waals surface area contributed by atoms with Gasteiger partial charge in [-0.1, -0.05) is 16.9 Å². The van der Waals surface area contributed by atoms with E-state index in [0.717, 1.165) is 22.9 Å². The predicted molar refractivity (Wildman–Crippen MR) is 60.1 cm³/mol. The van der Waals surface area contributed by atoms with Crippen molar-refractivity contribution < 1.29 is 5.21 Å². The van der Waals surface area contributed by atoms with Gasteiger partial charge in [0.1, 0.15) is 10.2 Å². The molecule has 0 fully saturated rings. The molecule has 0 unspecified atom stereocenters. The van der Waals surface area contributed by atoms with Crippen LogP contribution in [0, 0.1) is 0 Å². The molecular weight excluding hydrogens is 218 g/mol. The highest BCUT2D eigenvalue weighted by atomic mass is 32.2. The van der Waals surface area contributed by atoms with Gasteiger partial charge in [0.2, 0.25) is 0 Å². The standard InChI is InChI=1S/C8H13N3OS2/c9-7(11-12)3-1-2-5-13-8-10-4-6-14-8/h4,6,12H,1-3,5H2,(H2,9,11). The minimum atomic E-state index is 0.309. The van der Waals surface area contributed by atoms with E-state index in [9.17, 15) is 0 Å². The highest BCUT2D eigenvalue weighted by Crippen LogP contribution is 2.21. The maximum atomic E-state index is 8.29. The number of amidine groups is 1. The first kappa shape index (κ1) is 11.3. The second-order valence-corrected chi connectivity index (χ2v) is 4.93. The summed E-state index contributed by atoms with van der Waals surface area (Å²) in [4.78, 5) is 4.16. The third-order valence-corrected chi connectivity index (χ3v) is 3.64. The molecular formula is C8H13N3OS2. The van der Waals surface area contributed by atoms with Crippen LogP contribution < -0.4 is 5.73 Å². The van der Waals surface area contributed by atoms with Gasteiger partial charge in [-0.05, 0) is 12.8 Å². The van der Waals surface area contributed by atoms with E-state index in [4.69, 9.17) is 10.9 Å². The van der Waals surface area contributed by atoms with Gasteiger partial charge in [0.15, 0.2) is 0 Å². The van der Waals surface area contributed by atoms with Crippen molar-refractivity contribution in [2.75, 3.05) is 5.75 Å². The number of rotatable bonds is 6. The van der Waals surface area contributed by atoms with Gasteiger partial charge >= 0.3 is 0 Å². The molecule has 78 valence electrons. The number of oxime groups is 1. The van der Waals surface area contributed by atoms with E-state index < -0.39 is 0 Å². The topological polar surface area (TPSA) is 71.5 Å². The van der Waals surface area contributed by atoms with Crippen molar-refractivity contribution in [3.8, 4) is 0 Å². The number of nitrogens with two attached hydrogens (primary N) is 1. The third-order valence-electron chi connectivity index (χ3n) is 1.59. The molecule has 1 aromatic heterocycles. The van der Waals surface area contributed by atoms with Crippen molar-refractivity contribution in [1.29, 1.82) is 0 Å². The molecule has 0 saturated heterocycles. The molecule has 0 atom stereocenters. The van der Waals surface area contributed by atoms with E-state index in [1.165, 1.54) is 0 Å². The first-order chi connectivity index (χ1) is 6.83. The van der Waals surface area contributed by atoms with Crippen LogP contribution in [0.25, 0.3) is 0 Å². The highest BCUT2D eigenvalue weighted by Gasteiger charge is 1.97. The summed E-state index contributed by atoms with van der Waals surface area (Å²) in [6, 6.07) is 0. The molecule has 6 heteroatoms. The second-order valence-electron chi connectivity index (χ2n) is 2.69. The summed E-state index contributed by atoms with van der Waals surface area (Å²) in [7, 11) is 0. The predicted octanol–water partition coefficient (Wildman–Crippen LogP) is 2.15. The van der Waals surface area contributed by atoms with Crippen molar-refractivity contribution in [3.63, 3.8) is 0 Å². The number of unbranched alkanes of at least 4 members (excludes halogenated alkanes) is 1. The van der Waals surface area contributed by atoms with E-state index in [1.54, 1.807) is 23.1 Å². The average Bonchev–Trinajstić information content (AvgIpc) is 2.69. The van der Waals surface area contributed by atoms with Gasteiger partial charge in [0.25, 0.3) is 0 Å². The SMILES string of the molecule is N/C(CCCCSc1nccs1)=N/O. The Balaban J connectivity index is 2.00. The maximum absolute atomic E-state index is 8.29. The van der Waals surface area contributed by atoms with E-state index in [0.29, 0.717) is 12.3 Å². The largest absolute Gasteiger partial charge is 0.409 e. The van der Waals surface area contributed by atoms with Crippen LogP contribution in [-0.2, 0) is 0 Å². The Labute approximate surface area is 91.2 Å². The van der Waals surface area contributed by atoms with Crippen LogP contribution in [0.15, 0.2) is 21.1 Å². The van der Waals surface area contributed by atoms with Crippen LogP contribution in [0.1, 0.15) is 19.3 Å². The fourth-order valence-electron chi connectivity index (χ4n) is 0.899. The van der Waals surface area contributed by atoms with Gasteiger partial charge in [-0.25, -0.2) is 4.98 Å². The minimum Gasteiger partial charge on any atom is -0.409 e. The molecule has 1 aromatic rings. The molecule has 14 heavy (non-hydrogen) atoms. The summed E-state index contributed by atoms with van der Waals surface area (Å²) < 4.78 is 1.11. The lowest BCUT2D eigenvalue weighted by Gasteiger charge is -1.98. The molecule has 0 spiro atoms. The molecule has 0 aromatic carbocycles. The first-order valence-electron chi connectivity index (χ1n) is 4.31. The lowest BCUT2D eigenvalue weighted by molar-refractivity contribution is 0.316. The summed E-state index contributed by atoms with van der Waals surface area (Å²) in [5.41, 5.74) is 5.33. The van der Waals surface area contributed by atoms with E-state index in [1.807, 2.05) is 11.6 Å². The smallest absolute Gasteiger partial charge is 0.149 e. The van der Waals surface area contributed by atoms with Gasteiger partial charge < -0.3 is 10.9 Å². The maximum Gasteiger partial charge on any atom is 0.149 e. The quantitative estimate of drug-likeness (QED) is 0.196. The summed E-state index contributed by atoms with van der Waals surface area (Å²) in [5.74, 6) is 1.34. The number of thiazole rings is 1. The Hall–Kier alpha value is -0.750. The molecule has 0 radical (unpaired) electrons. The van der Waals surface area contributed by atoms with Crippen LogP contribution in [0.4, 0.5) is 0 Å².